The van der Waals surface area contributed by atoms with Crippen molar-refractivity contribution in [2.75, 3.05) is 31.7 Å². The van der Waals surface area contributed by atoms with E-state index < -0.39 is 42.6 Å². The molecule has 0 saturated carbocycles. The van der Waals surface area contributed by atoms with E-state index in [0.29, 0.717) is 56.2 Å². The standard InChI is InChI=1S/C28H26FN3O6/c1-2-30-21-11-23-20(24-25(38-23)18-7-6-17(29)9-22(18)31-27(24)37)10-19(21)15-4-3-5-16(8-15)26(36)32-28(12-33,13-34)14-35/h3-11,30,33-35H,2,12-14H2,1H3,(H,31,37)(H,32,36). The van der Waals surface area contributed by atoms with Crippen LogP contribution in [0.4, 0.5) is 10.1 Å². The number of halogens is 1. The molecule has 5 rings (SSSR count). The fourth-order valence-electron chi connectivity index (χ4n) is 4.55. The Labute approximate surface area is 215 Å². The molecule has 0 aliphatic rings. The molecule has 0 unspecified atom stereocenters. The predicted octanol–water partition coefficient (Wildman–Crippen LogP) is 3.11. The van der Waals surface area contributed by atoms with Gasteiger partial charge in [-0.1, -0.05) is 12.1 Å². The number of pyridine rings is 1. The van der Waals surface area contributed by atoms with Gasteiger partial charge in [0.15, 0.2) is 0 Å². The largest absolute Gasteiger partial charge is 0.455 e. The highest BCUT2D eigenvalue weighted by atomic mass is 19.1. The van der Waals surface area contributed by atoms with Gasteiger partial charge in [0.05, 0.1) is 30.7 Å². The third-order valence-corrected chi connectivity index (χ3v) is 6.62. The maximum atomic E-state index is 13.8. The lowest BCUT2D eigenvalue weighted by atomic mass is 9.97. The average molecular weight is 520 g/mol. The van der Waals surface area contributed by atoms with E-state index in [4.69, 9.17) is 4.42 Å². The van der Waals surface area contributed by atoms with E-state index in [-0.39, 0.29) is 5.56 Å². The van der Waals surface area contributed by atoms with E-state index in [1.165, 1.54) is 12.1 Å². The Kier molecular flexibility index (Phi) is 6.62. The first-order valence-electron chi connectivity index (χ1n) is 12.0. The second-order valence-electron chi connectivity index (χ2n) is 9.16. The van der Waals surface area contributed by atoms with Gasteiger partial charge in [0.25, 0.3) is 11.5 Å². The molecule has 2 heterocycles. The molecule has 38 heavy (non-hydrogen) atoms. The summed E-state index contributed by atoms with van der Waals surface area (Å²) in [7, 11) is 0. The Morgan fingerprint density at radius 2 is 1.79 bits per heavy atom. The third-order valence-electron chi connectivity index (χ3n) is 6.62. The zero-order valence-corrected chi connectivity index (χ0v) is 20.5. The number of aliphatic hydroxyl groups is 3. The van der Waals surface area contributed by atoms with E-state index >= 15 is 0 Å². The number of nitrogens with one attached hydrogen (secondary N) is 3. The first-order chi connectivity index (χ1) is 18.3. The molecule has 0 atom stereocenters. The van der Waals surface area contributed by atoms with Crippen molar-refractivity contribution in [1.29, 1.82) is 0 Å². The highest BCUT2D eigenvalue weighted by Gasteiger charge is 2.30. The fraction of sp³-hybridized carbons (Fsp3) is 0.214. The number of amides is 1. The average Bonchev–Trinajstić information content (AvgIpc) is 3.30. The van der Waals surface area contributed by atoms with E-state index in [9.17, 15) is 29.3 Å². The topological polar surface area (TPSA) is 148 Å². The molecule has 0 aliphatic heterocycles. The number of rotatable bonds is 8. The van der Waals surface area contributed by atoms with Gasteiger partial charge in [-0.05, 0) is 48.9 Å². The van der Waals surface area contributed by atoms with Crippen molar-refractivity contribution in [1.82, 2.24) is 10.3 Å². The van der Waals surface area contributed by atoms with Crippen molar-refractivity contribution >= 4 is 44.4 Å². The number of benzene rings is 3. The van der Waals surface area contributed by atoms with Crippen LogP contribution in [0.5, 0.6) is 0 Å². The van der Waals surface area contributed by atoms with Crippen LogP contribution >= 0.6 is 0 Å². The van der Waals surface area contributed by atoms with Gasteiger partial charge in [-0.25, -0.2) is 4.39 Å². The minimum absolute atomic E-state index is 0.243. The van der Waals surface area contributed by atoms with E-state index in [1.807, 2.05) is 6.92 Å². The predicted molar refractivity (Wildman–Crippen MR) is 143 cm³/mol. The number of anilines is 1. The zero-order valence-electron chi connectivity index (χ0n) is 20.5. The summed E-state index contributed by atoms with van der Waals surface area (Å²) < 4.78 is 19.9. The summed E-state index contributed by atoms with van der Waals surface area (Å²) in [5, 5.41) is 36.0. The maximum Gasteiger partial charge on any atom is 0.260 e. The van der Waals surface area contributed by atoms with Gasteiger partial charge in [0.1, 0.15) is 22.5 Å². The number of hydrogen-bond donors (Lipinski definition) is 6. The number of aromatic amines is 1. The molecule has 0 aliphatic carbocycles. The second-order valence-corrected chi connectivity index (χ2v) is 9.16. The van der Waals surface area contributed by atoms with Gasteiger partial charge in [0.2, 0.25) is 0 Å². The van der Waals surface area contributed by atoms with Crippen molar-refractivity contribution in [2.24, 2.45) is 0 Å². The van der Waals surface area contributed by atoms with E-state index in [0.717, 1.165) is 0 Å². The number of carbonyl (C=O) groups is 1. The molecule has 0 saturated heterocycles. The number of carbonyl (C=O) groups excluding carboxylic acids is 1. The van der Waals surface area contributed by atoms with Gasteiger partial charge in [-0.15, -0.1) is 0 Å². The molecule has 196 valence electrons. The Hall–Kier alpha value is -4.25. The Morgan fingerprint density at radius 1 is 1.03 bits per heavy atom. The zero-order chi connectivity index (χ0) is 27.0. The molecular weight excluding hydrogens is 493 g/mol. The summed E-state index contributed by atoms with van der Waals surface area (Å²) in [5.41, 5.74) is 1.47. The lowest BCUT2D eigenvalue weighted by Gasteiger charge is -2.28. The van der Waals surface area contributed by atoms with Gasteiger partial charge in [-0.2, -0.15) is 0 Å². The highest BCUT2D eigenvalue weighted by Crippen LogP contribution is 2.38. The SMILES string of the molecule is CCNc1cc2oc3c4ccc(F)cc4[nH]c(=O)c3c2cc1-c1cccc(C(=O)NC(CO)(CO)CO)c1. The van der Waals surface area contributed by atoms with Crippen LogP contribution < -0.4 is 16.2 Å². The third kappa shape index (κ3) is 4.28. The molecule has 6 N–H and O–H groups in total. The quantitative estimate of drug-likeness (QED) is 0.185. The summed E-state index contributed by atoms with van der Waals surface area (Å²) in [5.74, 6) is -1.06. The van der Waals surface area contributed by atoms with Crippen molar-refractivity contribution < 1.29 is 28.9 Å². The molecule has 0 fully saturated rings. The normalized spacial score (nSPS) is 11.9. The van der Waals surface area contributed by atoms with Crippen molar-refractivity contribution in [3.8, 4) is 11.1 Å². The van der Waals surface area contributed by atoms with Crippen LogP contribution in [0.3, 0.4) is 0 Å². The summed E-state index contributed by atoms with van der Waals surface area (Å²) in [4.78, 5) is 28.7. The minimum atomic E-state index is -1.57. The van der Waals surface area contributed by atoms with Crippen LogP contribution in [-0.4, -0.2) is 58.1 Å². The summed E-state index contributed by atoms with van der Waals surface area (Å²) in [6.07, 6.45) is 0. The lowest BCUT2D eigenvalue weighted by Crippen LogP contribution is -2.57. The lowest BCUT2D eigenvalue weighted by molar-refractivity contribution is 0.0375. The molecule has 0 bridgehead atoms. The first-order valence-corrected chi connectivity index (χ1v) is 12.0. The molecule has 0 radical (unpaired) electrons. The highest BCUT2D eigenvalue weighted by molar-refractivity contribution is 6.15. The van der Waals surface area contributed by atoms with Crippen LogP contribution in [0.15, 0.2) is 63.8 Å². The van der Waals surface area contributed by atoms with Gasteiger partial charge in [0, 0.05) is 40.2 Å². The molecule has 1 amide bonds. The fourth-order valence-corrected chi connectivity index (χ4v) is 4.55. The Morgan fingerprint density at radius 3 is 2.50 bits per heavy atom. The summed E-state index contributed by atoms with van der Waals surface area (Å²) in [6, 6.07) is 14.4. The molecule has 3 aromatic carbocycles. The number of fused-ring (bicyclic) bond motifs is 5. The Balaban J connectivity index is 1.67. The van der Waals surface area contributed by atoms with Gasteiger partial charge in [-0.3, -0.25) is 9.59 Å². The van der Waals surface area contributed by atoms with Crippen molar-refractivity contribution in [2.45, 2.75) is 12.5 Å². The van der Waals surface area contributed by atoms with Gasteiger partial charge < -0.3 is 35.4 Å². The number of furan rings is 1. The minimum Gasteiger partial charge on any atom is -0.455 e. The number of aromatic nitrogens is 1. The van der Waals surface area contributed by atoms with Gasteiger partial charge >= 0.3 is 0 Å². The van der Waals surface area contributed by atoms with E-state index in [1.54, 1.807) is 42.5 Å². The molecule has 10 heteroatoms. The first kappa shape index (κ1) is 25.4. The molecule has 2 aromatic heterocycles. The van der Waals surface area contributed by atoms with Crippen LogP contribution in [-0.2, 0) is 0 Å². The van der Waals surface area contributed by atoms with Crippen molar-refractivity contribution in [3.63, 3.8) is 0 Å². The summed E-state index contributed by atoms with van der Waals surface area (Å²) >= 11 is 0. The van der Waals surface area contributed by atoms with E-state index in [2.05, 4.69) is 15.6 Å². The molecule has 5 aromatic rings. The monoisotopic (exact) mass is 519 g/mol. The van der Waals surface area contributed by atoms with Crippen LogP contribution in [0.2, 0.25) is 0 Å². The summed E-state index contributed by atoms with van der Waals surface area (Å²) in [6.45, 7) is 0.595. The van der Waals surface area contributed by atoms with Crippen LogP contribution in [0.25, 0.3) is 44.0 Å². The molecule has 9 nitrogen and oxygen atoms in total. The Bertz CT molecular complexity index is 1730. The number of hydrogen-bond acceptors (Lipinski definition) is 7. The second kappa shape index (κ2) is 9.90. The van der Waals surface area contributed by atoms with Crippen LogP contribution in [0.1, 0.15) is 17.3 Å². The number of H-pyrrole nitrogens is 1. The maximum absolute atomic E-state index is 13.8. The van der Waals surface area contributed by atoms with Crippen LogP contribution in [0, 0.1) is 5.82 Å². The number of aliphatic hydroxyl groups excluding tert-OH is 3. The smallest absolute Gasteiger partial charge is 0.260 e. The molecule has 0 spiro atoms. The molecular formula is C28H26FN3O6. The van der Waals surface area contributed by atoms with Crippen molar-refractivity contribution in [3.05, 3.63) is 76.3 Å².